The maximum atomic E-state index is 4.65. The number of rotatable bonds is 8. The van der Waals surface area contributed by atoms with E-state index in [2.05, 4.69) is 46.5 Å². The third-order valence-electron chi connectivity index (χ3n) is 2.76. The number of nitrogens with one attached hydrogen (secondary N) is 1. The molecule has 17 heavy (non-hydrogen) atoms. The molecule has 0 radical (unpaired) electrons. The highest BCUT2D eigenvalue weighted by atomic mass is 15.3. The highest BCUT2D eigenvalue weighted by molar-refractivity contribution is 5.32. The normalized spacial score (nSPS) is 10.5. The Morgan fingerprint density at radius 3 is 2.94 bits per heavy atom. The topological polar surface area (TPSA) is 33.1 Å². The summed E-state index contributed by atoms with van der Waals surface area (Å²) in [7, 11) is 4.07. The first-order chi connectivity index (χ1) is 8.22. The van der Waals surface area contributed by atoms with Crippen molar-refractivity contribution in [3.05, 3.63) is 24.5 Å². The number of anilines is 1. The molecule has 0 aromatic carbocycles. The Kier molecular flexibility index (Phi) is 5.77. The standard InChI is InChI=1S/C13H24N4/c1-5-9-17-11-12(6-2)15-13(17)16(4)10-7-8-14-3/h5,11,14H,1,6-10H2,2-4H3. The van der Waals surface area contributed by atoms with E-state index in [-0.39, 0.29) is 0 Å². The first-order valence-corrected chi connectivity index (χ1v) is 6.25. The molecule has 1 N–H and O–H groups in total. The van der Waals surface area contributed by atoms with E-state index in [0.717, 1.165) is 44.1 Å². The predicted molar refractivity (Wildman–Crippen MR) is 73.6 cm³/mol. The van der Waals surface area contributed by atoms with Crippen LogP contribution in [0.1, 0.15) is 19.0 Å². The number of nitrogens with zero attached hydrogens (tertiary/aromatic N) is 3. The van der Waals surface area contributed by atoms with Gasteiger partial charge < -0.3 is 14.8 Å². The molecule has 0 unspecified atom stereocenters. The summed E-state index contributed by atoms with van der Waals surface area (Å²) in [6, 6.07) is 0. The van der Waals surface area contributed by atoms with Gasteiger partial charge in [-0.2, -0.15) is 0 Å². The van der Waals surface area contributed by atoms with Crippen LogP contribution in [-0.4, -0.2) is 36.7 Å². The monoisotopic (exact) mass is 236 g/mol. The predicted octanol–water partition coefficient (Wildman–Crippen LogP) is 1.68. The summed E-state index contributed by atoms with van der Waals surface area (Å²) in [4.78, 5) is 6.85. The second-order valence-corrected chi connectivity index (χ2v) is 4.21. The van der Waals surface area contributed by atoms with E-state index in [4.69, 9.17) is 0 Å². The zero-order valence-corrected chi connectivity index (χ0v) is 11.2. The van der Waals surface area contributed by atoms with E-state index in [1.807, 2.05) is 13.1 Å². The zero-order chi connectivity index (χ0) is 12.7. The van der Waals surface area contributed by atoms with E-state index >= 15 is 0 Å². The summed E-state index contributed by atoms with van der Waals surface area (Å²) in [5, 5.41) is 3.16. The van der Waals surface area contributed by atoms with Crippen LogP contribution in [0.25, 0.3) is 0 Å². The molecule has 1 heterocycles. The molecule has 0 aliphatic rings. The Morgan fingerprint density at radius 1 is 1.59 bits per heavy atom. The van der Waals surface area contributed by atoms with Gasteiger partial charge in [0.15, 0.2) is 0 Å². The third kappa shape index (κ3) is 3.89. The minimum atomic E-state index is 0.818. The molecule has 4 nitrogen and oxygen atoms in total. The van der Waals surface area contributed by atoms with Gasteiger partial charge in [-0.05, 0) is 26.4 Å². The quantitative estimate of drug-likeness (QED) is 0.550. The summed E-state index contributed by atoms with van der Waals surface area (Å²) in [6.07, 6.45) is 6.12. The molecular formula is C13H24N4. The average Bonchev–Trinajstić information content (AvgIpc) is 2.73. The Morgan fingerprint density at radius 2 is 2.35 bits per heavy atom. The molecule has 0 spiro atoms. The van der Waals surface area contributed by atoms with E-state index in [0.29, 0.717) is 0 Å². The van der Waals surface area contributed by atoms with E-state index in [1.165, 1.54) is 0 Å². The molecule has 0 saturated carbocycles. The van der Waals surface area contributed by atoms with Crippen LogP contribution in [0.2, 0.25) is 0 Å². The van der Waals surface area contributed by atoms with Crippen molar-refractivity contribution in [1.29, 1.82) is 0 Å². The Balaban J connectivity index is 2.71. The van der Waals surface area contributed by atoms with Crippen LogP contribution in [-0.2, 0) is 13.0 Å². The molecule has 0 aliphatic heterocycles. The van der Waals surface area contributed by atoms with Crippen molar-refractivity contribution in [1.82, 2.24) is 14.9 Å². The van der Waals surface area contributed by atoms with Gasteiger partial charge in [0.1, 0.15) is 0 Å². The molecule has 0 amide bonds. The number of hydrogen-bond acceptors (Lipinski definition) is 3. The molecule has 1 aromatic heterocycles. The lowest BCUT2D eigenvalue weighted by atomic mass is 10.4. The van der Waals surface area contributed by atoms with Gasteiger partial charge in [-0.3, -0.25) is 0 Å². The molecule has 0 atom stereocenters. The number of aromatic nitrogens is 2. The fourth-order valence-corrected chi connectivity index (χ4v) is 1.80. The van der Waals surface area contributed by atoms with Crippen LogP contribution >= 0.6 is 0 Å². The van der Waals surface area contributed by atoms with Gasteiger partial charge in [0.05, 0.1) is 5.69 Å². The molecule has 0 fully saturated rings. The van der Waals surface area contributed by atoms with Crippen LogP contribution in [0.4, 0.5) is 5.95 Å². The lowest BCUT2D eigenvalue weighted by Gasteiger charge is -2.18. The minimum Gasteiger partial charge on any atom is -0.345 e. The lowest BCUT2D eigenvalue weighted by molar-refractivity contribution is 0.688. The molecule has 4 heteroatoms. The number of allylic oxidation sites excluding steroid dienone is 1. The van der Waals surface area contributed by atoms with Gasteiger partial charge in [0, 0.05) is 26.3 Å². The van der Waals surface area contributed by atoms with Gasteiger partial charge in [0.2, 0.25) is 5.95 Å². The van der Waals surface area contributed by atoms with Crippen LogP contribution < -0.4 is 10.2 Å². The summed E-state index contributed by atoms with van der Waals surface area (Å²) in [6.45, 7) is 8.79. The lowest BCUT2D eigenvalue weighted by Crippen LogP contribution is -2.25. The Bertz CT molecular complexity index is 343. The largest absolute Gasteiger partial charge is 0.345 e. The van der Waals surface area contributed by atoms with Gasteiger partial charge in [-0.15, -0.1) is 6.58 Å². The molecular weight excluding hydrogens is 212 g/mol. The highest BCUT2D eigenvalue weighted by Crippen LogP contribution is 2.14. The zero-order valence-electron chi connectivity index (χ0n) is 11.2. The fraction of sp³-hybridized carbons (Fsp3) is 0.615. The Hall–Kier alpha value is -1.29. The van der Waals surface area contributed by atoms with Crippen molar-refractivity contribution in [3.63, 3.8) is 0 Å². The number of aryl methyl sites for hydroxylation is 1. The second-order valence-electron chi connectivity index (χ2n) is 4.21. The van der Waals surface area contributed by atoms with E-state index in [9.17, 15) is 0 Å². The molecule has 0 aliphatic carbocycles. The molecule has 96 valence electrons. The third-order valence-corrected chi connectivity index (χ3v) is 2.76. The summed E-state index contributed by atoms with van der Waals surface area (Å²) in [5.74, 6) is 1.04. The summed E-state index contributed by atoms with van der Waals surface area (Å²) < 4.78 is 2.16. The van der Waals surface area contributed by atoms with Crippen molar-refractivity contribution < 1.29 is 0 Å². The van der Waals surface area contributed by atoms with Crippen molar-refractivity contribution >= 4 is 5.95 Å². The fourth-order valence-electron chi connectivity index (χ4n) is 1.80. The van der Waals surface area contributed by atoms with Crippen molar-refractivity contribution in [2.24, 2.45) is 0 Å². The van der Waals surface area contributed by atoms with Crippen molar-refractivity contribution in [3.8, 4) is 0 Å². The molecule has 1 rings (SSSR count). The van der Waals surface area contributed by atoms with E-state index in [1.54, 1.807) is 0 Å². The second kappa shape index (κ2) is 7.12. The highest BCUT2D eigenvalue weighted by Gasteiger charge is 2.10. The summed E-state index contributed by atoms with van der Waals surface area (Å²) >= 11 is 0. The van der Waals surface area contributed by atoms with E-state index < -0.39 is 0 Å². The van der Waals surface area contributed by atoms with Gasteiger partial charge >= 0.3 is 0 Å². The molecule has 1 aromatic rings. The first-order valence-electron chi connectivity index (χ1n) is 6.25. The Labute approximate surface area is 104 Å². The van der Waals surface area contributed by atoms with Crippen LogP contribution in [0.15, 0.2) is 18.9 Å². The minimum absolute atomic E-state index is 0.818. The average molecular weight is 236 g/mol. The maximum absolute atomic E-state index is 4.65. The first kappa shape index (κ1) is 13.8. The molecule has 0 saturated heterocycles. The van der Waals surface area contributed by atoms with Crippen LogP contribution in [0.5, 0.6) is 0 Å². The van der Waals surface area contributed by atoms with Crippen LogP contribution in [0.3, 0.4) is 0 Å². The number of imidazole rings is 1. The number of hydrogen-bond donors (Lipinski definition) is 1. The van der Waals surface area contributed by atoms with Gasteiger partial charge in [-0.1, -0.05) is 13.0 Å². The smallest absolute Gasteiger partial charge is 0.205 e. The van der Waals surface area contributed by atoms with Crippen LogP contribution in [0, 0.1) is 0 Å². The van der Waals surface area contributed by atoms with Gasteiger partial charge in [0.25, 0.3) is 0 Å². The van der Waals surface area contributed by atoms with Gasteiger partial charge in [-0.25, -0.2) is 4.98 Å². The van der Waals surface area contributed by atoms with Crippen molar-refractivity contribution in [2.45, 2.75) is 26.3 Å². The molecule has 0 bridgehead atoms. The SMILES string of the molecule is C=CCn1cc(CC)nc1N(C)CCCNC. The van der Waals surface area contributed by atoms with Crippen molar-refractivity contribution in [2.75, 3.05) is 32.1 Å². The summed E-state index contributed by atoms with van der Waals surface area (Å²) in [5.41, 5.74) is 1.14. The maximum Gasteiger partial charge on any atom is 0.205 e.